The van der Waals surface area contributed by atoms with Crippen LogP contribution in [0.2, 0.25) is 0 Å². The summed E-state index contributed by atoms with van der Waals surface area (Å²) >= 11 is 0. The number of aromatic nitrogens is 3. The summed E-state index contributed by atoms with van der Waals surface area (Å²) in [5.41, 5.74) is 12.9. The number of aliphatic imine (C=N–C) groups is 1. The largest absolute Gasteiger partial charge is 0.396 e. The topological polar surface area (TPSA) is 88.8 Å². The quantitative estimate of drug-likeness (QED) is 0.686. The predicted molar refractivity (Wildman–Crippen MR) is 137 cm³/mol. The van der Waals surface area contributed by atoms with Crippen molar-refractivity contribution < 1.29 is 5.11 Å². The van der Waals surface area contributed by atoms with E-state index in [1.807, 2.05) is 6.20 Å². The first-order valence-electron chi connectivity index (χ1n) is 12.5. The smallest absolute Gasteiger partial charge is 0.150 e. The highest BCUT2D eigenvalue weighted by Gasteiger charge is 2.29. The van der Waals surface area contributed by atoms with Gasteiger partial charge in [-0.3, -0.25) is 9.39 Å². The molecule has 1 aliphatic heterocycles. The summed E-state index contributed by atoms with van der Waals surface area (Å²) in [5.74, 6) is 2.37. The standard InChI is InChI=1S/C28H31N5O/c29-27-26-25(32-28(33(26)15-14-30-27)21-8-6-18(17-34)7-9-21)22-11-10-20-12-13-23(31-24(20)16-22)19-4-2-1-3-5-19/h2,4-5,10-15,18,21,24,34H,1,3,6-9,16-17H2,(H2,29,30)/t18-,21-,24?. The number of nitrogens with zero attached hydrogens (tertiary/aromatic N) is 4. The van der Waals surface area contributed by atoms with E-state index in [-0.39, 0.29) is 12.6 Å². The van der Waals surface area contributed by atoms with Crippen LogP contribution in [0, 0.1) is 5.92 Å². The van der Waals surface area contributed by atoms with Crippen molar-refractivity contribution in [3.8, 4) is 0 Å². The van der Waals surface area contributed by atoms with Gasteiger partial charge in [-0.1, -0.05) is 36.5 Å². The molecule has 0 saturated heterocycles. The normalized spacial score (nSPS) is 26.6. The third kappa shape index (κ3) is 3.76. The Labute approximate surface area is 200 Å². The lowest BCUT2D eigenvalue weighted by molar-refractivity contribution is 0.181. The highest BCUT2D eigenvalue weighted by molar-refractivity contribution is 6.11. The third-order valence-electron chi connectivity index (χ3n) is 7.68. The Morgan fingerprint density at radius 1 is 1.06 bits per heavy atom. The molecule has 0 radical (unpaired) electrons. The van der Waals surface area contributed by atoms with Gasteiger partial charge in [-0.05, 0) is 67.2 Å². The summed E-state index contributed by atoms with van der Waals surface area (Å²) < 4.78 is 2.15. The minimum Gasteiger partial charge on any atom is -0.396 e. The first-order valence-corrected chi connectivity index (χ1v) is 12.5. The van der Waals surface area contributed by atoms with Gasteiger partial charge >= 0.3 is 0 Å². The van der Waals surface area contributed by atoms with Gasteiger partial charge in [0.05, 0.1) is 17.4 Å². The molecule has 1 unspecified atom stereocenters. The van der Waals surface area contributed by atoms with Gasteiger partial charge in [0.1, 0.15) is 17.2 Å². The van der Waals surface area contributed by atoms with Gasteiger partial charge in [0, 0.05) is 31.3 Å². The van der Waals surface area contributed by atoms with Crippen molar-refractivity contribution in [2.75, 3.05) is 12.3 Å². The van der Waals surface area contributed by atoms with Crippen LogP contribution in [0.1, 0.15) is 62.4 Å². The van der Waals surface area contributed by atoms with E-state index >= 15 is 0 Å². The molecule has 174 valence electrons. The van der Waals surface area contributed by atoms with E-state index < -0.39 is 0 Å². The zero-order valence-corrected chi connectivity index (χ0v) is 19.4. The Bertz CT molecular complexity index is 1300. The maximum absolute atomic E-state index is 9.55. The second-order valence-corrected chi connectivity index (χ2v) is 9.82. The molecule has 0 bridgehead atoms. The van der Waals surface area contributed by atoms with Gasteiger partial charge < -0.3 is 10.8 Å². The molecule has 3 aliphatic carbocycles. The number of hydrogen-bond donors (Lipinski definition) is 2. The fourth-order valence-electron chi connectivity index (χ4n) is 5.73. The van der Waals surface area contributed by atoms with Crippen LogP contribution in [-0.4, -0.2) is 37.8 Å². The number of anilines is 1. The minimum atomic E-state index is 0.0920. The van der Waals surface area contributed by atoms with Crippen LogP contribution in [0.5, 0.6) is 0 Å². The number of nitrogens with two attached hydrogens (primary N) is 1. The summed E-state index contributed by atoms with van der Waals surface area (Å²) in [6, 6.07) is 0.0920. The molecule has 6 rings (SSSR count). The number of imidazole rings is 1. The third-order valence-corrected chi connectivity index (χ3v) is 7.68. The van der Waals surface area contributed by atoms with Crippen molar-refractivity contribution in [3.63, 3.8) is 0 Å². The molecule has 3 heterocycles. The summed E-state index contributed by atoms with van der Waals surface area (Å²) in [5, 5.41) is 9.55. The number of dihydropyridines is 1. The van der Waals surface area contributed by atoms with Gasteiger partial charge in [0.15, 0.2) is 0 Å². The molecular formula is C28H31N5O. The fourth-order valence-corrected chi connectivity index (χ4v) is 5.73. The van der Waals surface area contributed by atoms with Crippen LogP contribution in [0.4, 0.5) is 5.82 Å². The Hall–Kier alpha value is -3.25. The molecular weight excluding hydrogens is 422 g/mol. The molecule has 6 heteroatoms. The van der Waals surface area contributed by atoms with Crippen LogP contribution in [0.25, 0.3) is 11.1 Å². The average molecular weight is 454 g/mol. The Morgan fingerprint density at radius 3 is 2.74 bits per heavy atom. The van der Waals surface area contributed by atoms with Crippen molar-refractivity contribution in [3.05, 3.63) is 77.6 Å². The summed E-state index contributed by atoms with van der Waals surface area (Å²) in [6.45, 7) is 0.282. The van der Waals surface area contributed by atoms with Crippen LogP contribution in [-0.2, 0) is 0 Å². The molecule has 0 aromatic carbocycles. The summed E-state index contributed by atoms with van der Waals surface area (Å²) in [7, 11) is 0. The zero-order valence-electron chi connectivity index (χ0n) is 19.4. The van der Waals surface area contributed by atoms with E-state index in [0.717, 1.165) is 73.3 Å². The van der Waals surface area contributed by atoms with Gasteiger partial charge in [0.2, 0.25) is 0 Å². The molecule has 2 aromatic rings. The maximum Gasteiger partial charge on any atom is 0.150 e. The second kappa shape index (κ2) is 8.84. The summed E-state index contributed by atoms with van der Waals surface area (Å²) in [6.07, 6.45) is 26.3. The molecule has 34 heavy (non-hydrogen) atoms. The molecule has 2 aromatic heterocycles. The van der Waals surface area contributed by atoms with Crippen molar-refractivity contribution in [1.82, 2.24) is 14.4 Å². The Morgan fingerprint density at radius 2 is 1.94 bits per heavy atom. The van der Waals surface area contributed by atoms with Gasteiger partial charge in [-0.15, -0.1) is 0 Å². The second-order valence-electron chi connectivity index (χ2n) is 9.82. The maximum atomic E-state index is 9.55. The molecule has 6 nitrogen and oxygen atoms in total. The monoisotopic (exact) mass is 453 g/mol. The van der Waals surface area contributed by atoms with E-state index in [2.05, 4.69) is 51.9 Å². The van der Waals surface area contributed by atoms with E-state index in [0.29, 0.717) is 17.7 Å². The van der Waals surface area contributed by atoms with E-state index in [1.165, 1.54) is 11.1 Å². The lowest BCUT2D eigenvalue weighted by Crippen LogP contribution is -2.18. The van der Waals surface area contributed by atoms with Crippen LogP contribution < -0.4 is 5.73 Å². The minimum absolute atomic E-state index is 0.0920. The number of rotatable bonds is 4. The first-order chi connectivity index (χ1) is 16.7. The van der Waals surface area contributed by atoms with Crippen LogP contribution in [0.15, 0.2) is 71.1 Å². The van der Waals surface area contributed by atoms with E-state index in [1.54, 1.807) is 6.20 Å². The predicted octanol–water partition coefficient (Wildman–Crippen LogP) is 4.95. The van der Waals surface area contributed by atoms with Crippen LogP contribution in [0.3, 0.4) is 0 Å². The Balaban J connectivity index is 1.35. The molecule has 1 atom stereocenters. The van der Waals surface area contributed by atoms with Crippen molar-refractivity contribution in [2.45, 2.75) is 56.9 Å². The number of aliphatic hydroxyl groups excluding tert-OH is 1. The van der Waals surface area contributed by atoms with Crippen molar-refractivity contribution in [1.29, 1.82) is 0 Å². The molecule has 1 saturated carbocycles. The highest BCUT2D eigenvalue weighted by Crippen LogP contribution is 2.39. The fraction of sp³-hybridized carbons (Fsp3) is 0.393. The van der Waals surface area contributed by atoms with Crippen molar-refractivity contribution >= 4 is 22.6 Å². The number of allylic oxidation sites excluding steroid dienone is 7. The number of nitrogen functional groups attached to an aromatic ring is 1. The van der Waals surface area contributed by atoms with E-state index in [9.17, 15) is 5.11 Å². The number of hydrogen-bond acceptors (Lipinski definition) is 5. The number of fused-ring (bicyclic) bond motifs is 2. The highest BCUT2D eigenvalue weighted by atomic mass is 16.3. The van der Waals surface area contributed by atoms with Gasteiger partial charge in [-0.25, -0.2) is 9.97 Å². The van der Waals surface area contributed by atoms with Gasteiger partial charge in [0.25, 0.3) is 0 Å². The first kappa shape index (κ1) is 21.3. The molecule has 1 fully saturated rings. The zero-order chi connectivity index (χ0) is 23.1. The number of aliphatic hydroxyl groups is 1. The Kier molecular flexibility index (Phi) is 5.53. The SMILES string of the molecule is Nc1nccn2c1c(C1=CC=C3C=CC(C4=CCCC=C4)=NC3C1)nc2[C@H]1CC[C@H](CO)CC1. The van der Waals surface area contributed by atoms with Crippen LogP contribution >= 0.6 is 0 Å². The average Bonchev–Trinajstić information content (AvgIpc) is 3.30. The molecule has 3 N–H and O–H groups in total. The lowest BCUT2D eigenvalue weighted by Gasteiger charge is -2.26. The lowest BCUT2D eigenvalue weighted by atomic mass is 9.82. The molecule has 0 spiro atoms. The summed E-state index contributed by atoms with van der Waals surface area (Å²) in [4.78, 5) is 14.7. The van der Waals surface area contributed by atoms with Gasteiger partial charge in [-0.2, -0.15) is 0 Å². The van der Waals surface area contributed by atoms with E-state index in [4.69, 9.17) is 15.7 Å². The molecule has 4 aliphatic rings. The molecule has 0 amide bonds. The van der Waals surface area contributed by atoms with Crippen molar-refractivity contribution in [2.24, 2.45) is 10.9 Å².